The third kappa shape index (κ3) is 2.77. The maximum Gasteiger partial charge on any atom is 0.228 e. The van der Waals surface area contributed by atoms with E-state index in [9.17, 15) is 4.79 Å². The van der Waals surface area contributed by atoms with Crippen molar-refractivity contribution in [2.45, 2.75) is 19.3 Å². The quantitative estimate of drug-likeness (QED) is 0.760. The number of imidazole rings is 1. The molecule has 0 saturated heterocycles. The maximum absolute atomic E-state index is 12.5. The average Bonchev–Trinajstić information content (AvgIpc) is 2.98. The molecule has 1 amide bonds. The van der Waals surface area contributed by atoms with Crippen molar-refractivity contribution in [2.75, 3.05) is 19.5 Å². The van der Waals surface area contributed by atoms with E-state index in [4.69, 9.17) is 14.5 Å². The first-order valence-corrected chi connectivity index (χ1v) is 8.71. The third-order valence-electron chi connectivity index (χ3n) is 4.90. The van der Waals surface area contributed by atoms with Gasteiger partial charge >= 0.3 is 0 Å². The molecule has 1 aliphatic carbocycles. The van der Waals surface area contributed by atoms with Crippen molar-refractivity contribution in [2.24, 2.45) is 5.92 Å². The van der Waals surface area contributed by atoms with Crippen LogP contribution in [0.2, 0.25) is 0 Å². The largest absolute Gasteiger partial charge is 0.493 e. The van der Waals surface area contributed by atoms with Crippen molar-refractivity contribution < 1.29 is 14.3 Å². The van der Waals surface area contributed by atoms with E-state index in [1.807, 2.05) is 47.0 Å². The van der Waals surface area contributed by atoms with Crippen molar-refractivity contribution in [1.82, 2.24) is 9.38 Å². The van der Waals surface area contributed by atoms with E-state index in [2.05, 4.69) is 5.32 Å². The molecule has 4 rings (SSSR count). The van der Waals surface area contributed by atoms with Gasteiger partial charge < -0.3 is 14.8 Å². The lowest BCUT2D eigenvalue weighted by Gasteiger charge is -2.24. The molecule has 2 heterocycles. The number of ether oxygens (including phenoxy) is 2. The van der Waals surface area contributed by atoms with Gasteiger partial charge in [-0.2, -0.15) is 0 Å². The van der Waals surface area contributed by atoms with Crippen molar-refractivity contribution in [3.8, 4) is 22.8 Å². The van der Waals surface area contributed by atoms with E-state index in [0.29, 0.717) is 23.0 Å². The Balaban J connectivity index is 1.81. The zero-order valence-electron chi connectivity index (χ0n) is 14.9. The molecule has 1 aromatic carbocycles. The van der Waals surface area contributed by atoms with Crippen molar-refractivity contribution >= 4 is 17.4 Å². The molecule has 0 spiro atoms. The smallest absolute Gasteiger partial charge is 0.228 e. The molecular formula is C20H21N3O3. The number of nitrogens with zero attached hydrogens (tertiary/aromatic N) is 2. The summed E-state index contributed by atoms with van der Waals surface area (Å²) >= 11 is 0. The van der Waals surface area contributed by atoms with Gasteiger partial charge in [0, 0.05) is 17.7 Å². The van der Waals surface area contributed by atoms with Crippen LogP contribution >= 0.6 is 0 Å². The molecule has 0 radical (unpaired) electrons. The van der Waals surface area contributed by atoms with Crippen LogP contribution in [0.5, 0.6) is 11.5 Å². The van der Waals surface area contributed by atoms with E-state index in [0.717, 1.165) is 30.5 Å². The number of aromatic nitrogens is 2. The number of fused-ring (bicyclic) bond motifs is 1. The summed E-state index contributed by atoms with van der Waals surface area (Å²) in [6.45, 7) is 0. The summed E-state index contributed by atoms with van der Waals surface area (Å²) in [6, 6.07) is 11.4. The van der Waals surface area contributed by atoms with E-state index in [1.165, 1.54) is 0 Å². The topological polar surface area (TPSA) is 64.9 Å². The molecule has 0 aliphatic heterocycles. The van der Waals surface area contributed by atoms with Gasteiger partial charge in [0.2, 0.25) is 5.91 Å². The number of benzene rings is 1. The first-order chi connectivity index (χ1) is 12.7. The minimum atomic E-state index is 0.0589. The number of methoxy groups -OCH3 is 2. The highest BCUT2D eigenvalue weighted by atomic mass is 16.5. The lowest BCUT2D eigenvalue weighted by Crippen LogP contribution is -2.28. The highest BCUT2D eigenvalue weighted by molar-refractivity contribution is 5.96. The molecule has 3 aromatic rings. The second-order valence-electron chi connectivity index (χ2n) is 6.42. The fraction of sp³-hybridized carbons (Fsp3) is 0.300. The van der Waals surface area contributed by atoms with Crippen molar-refractivity contribution in [3.05, 3.63) is 42.6 Å². The maximum atomic E-state index is 12.5. The number of anilines is 1. The van der Waals surface area contributed by atoms with Gasteiger partial charge in [-0.1, -0.05) is 12.5 Å². The minimum Gasteiger partial charge on any atom is -0.493 e. The van der Waals surface area contributed by atoms with Gasteiger partial charge in [0.15, 0.2) is 11.5 Å². The summed E-state index contributed by atoms with van der Waals surface area (Å²) in [5, 5.41) is 3.09. The summed E-state index contributed by atoms with van der Waals surface area (Å²) < 4.78 is 12.6. The molecule has 134 valence electrons. The van der Waals surface area contributed by atoms with Crippen LogP contribution in [0, 0.1) is 5.92 Å². The molecule has 1 N–H and O–H groups in total. The number of hydrogen-bond acceptors (Lipinski definition) is 4. The minimum absolute atomic E-state index is 0.0589. The monoisotopic (exact) mass is 351 g/mol. The fourth-order valence-electron chi connectivity index (χ4n) is 3.19. The summed E-state index contributed by atoms with van der Waals surface area (Å²) in [7, 11) is 3.21. The van der Waals surface area contributed by atoms with Crippen molar-refractivity contribution in [3.63, 3.8) is 0 Å². The molecule has 0 bridgehead atoms. The zero-order chi connectivity index (χ0) is 18.1. The van der Waals surface area contributed by atoms with Crippen LogP contribution in [-0.4, -0.2) is 29.5 Å². The highest BCUT2D eigenvalue weighted by Crippen LogP contribution is 2.36. The van der Waals surface area contributed by atoms with Gasteiger partial charge in [-0.15, -0.1) is 0 Å². The third-order valence-corrected chi connectivity index (χ3v) is 4.90. The number of carbonyl (C=O) groups excluding carboxylic acids is 1. The van der Waals surface area contributed by atoms with E-state index in [-0.39, 0.29) is 11.8 Å². The van der Waals surface area contributed by atoms with Crippen LogP contribution in [0.25, 0.3) is 16.9 Å². The number of amides is 1. The standard InChI is InChI=1S/C20H21N3O3/c1-25-15-10-9-14(12-16(15)26-2)18-19(22-20(24)13-6-5-7-13)23-11-4-3-8-17(23)21-18/h3-4,8-13H,5-7H2,1-2H3,(H,22,24). The van der Waals surface area contributed by atoms with Gasteiger partial charge in [-0.3, -0.25) is 9.20 Å². The normalized spacial score (nSPS) is 14.1. The van der Waals surface area contributed by atoms with E-state index >= 15 is 0 Å². The van der Waals surface area contributed by atoms with Crippen LogP contribution < -0.4 is 14.8 Å². The summed E-state index contributed by atoms with van der Waals surface area (Å²) in [5.41, 5.74) is 2.35. The lowest BCUT2D eigenvalue weighted by atomic mass is 9.85. The molecule has 2 aromatic heterocycles. The second-order valence-corrected chi connectivity index (χ2v) is 6.42. The van der Waals surface area contributed by atoms with Gasteiger partial charge in [-0.05, 0) is 43.2 Å². The van der Waals surface area contributed by atoms with E-state index < -0.39 is 0 Å². The lowest BCUT2D eigenvalue weighted by molar-refractivity contribution is -0.122. The molecule has 1 aliphatic rings. The molecule has 1 saturated carbocycles. The number of nitrogens with one attached hydrogen (secondary N) is 1. The zero-order valence-corrected chi connectivity index (χ0v) is 14.9. The Morgan fingerprint density at radius 3 is 2.65 bits per heavy atom. The molecule has 0 unspecified atom stereocenters. The van der Waals surface area contributed by atoms with Gasteiger partial charge in [-0.25, -0.2) is 4.98 Å². The average molecular weight is 351 g/mol. The Labute approximate surface area is 151 Å². The predicted molar refractivity (Wildman–Crippen MR) is 99.7 cm³/mol. The Bertz CT molecular complexity index is 960. The highest BCUT2D eigenvalue weighted by Gasteiger charge is 2.27. The van der Waals surface area contributed by atoms with Crippen LogP contribution in [-0.2, 0) is 4.79 Å². The van der Waals surface area contributed by atoms with Crippen LogP contribution in [0.1, 0.15) is 19.3 Å². The molecule has 6 nitrogen and oxygen atoms in total. The van der Waals surface area contributed by atoms with Crippen LogP contribution in [0.15, 0.2) is 42.6 Å². The SMILES string of the molecule is COc1ccc(-c2nc3ccccn3c2NC(=O)C2CCC2)cc1OC. The Morgan fingerprint density at radius 1 is 1.15 bits per heavy atom. The first kappa shape index (κ1) is 16.4. The van der Waals surface area contributed by atoms with Crippen LogP contribution in [0.3, 0.4) is 0 Å². The van der Waals surface area contributed by atoms with Crippen LogP contribution in [0.4, 0.5) is 5.82 Å². The second kappa shape index (κ2) is 6.71. The van der Waals surface area contributed by atoms with Crippen molar-refractivity contribution in [1.29, 1.82) is 0 Å². The van der Waals surface area contributed by atoms with E-state index in [1.54, 1.807) is 14.2 Å². The Hall–Kier alpha value is -3.02. The molecule has 1 fully saturated rings. The molecular weight excluding hydrogens is 330 g/mol. The summed E-state index contributed by atoms with van der Waals surface area (Å²) in [4.78, 5) is 17.3. The summed E-state index contributed by atoms with van der Waals surface area (Å²) in [5.74, 6) is 2.12. The Morgan fingerprint density at radius 2 is 1.96 bits per heavy atom. The number of pyridine rings is 1. The summed E-state index contributed by atoms with van der Waals surface area (Å²) in [6.07, 6.45) is 4.93. The Kier molecular flexibility index (Phi) is 4.24. The molecule has 26 heavy (non-hydrogen) atoms. The van der Waals surface area contributed by atoms with Gasteiger partial charge in [0.05, 0.1) is 14.2 Å². The first-order valence-electron chi connectivity index (χ1n) is 8.71. The number of hydrogen-bond donors (Lipinski definition) is 1. The number of rotatable bonds is 5. The molecule has 6 heteroatoms. The predicted octanol–water partition coefficient (Wildman–Crippen LogP) is 3.76. The molecule has 0 atom stereocenters. The van der Waals surface area contributed by atoms with Gasteiger partial charge in [0.1, 0.15) is 17.2 Å². The number of carbonyl (C=O) groups is 1. The van der Waals surface area contributed by atoms with Gasteiger partial charge in [0.25, 0.3) is 0 Å². The fourth-order valence-corrected chi connectivity index (χ4v) is 3.19.